The number of carbonyl (C=O) groups excluding carboxylic acids is 1. The van der Waals surface area contributed by atoms with Crippen LogP contribution in [0.25, 0.3) is 0 Å². The van der Waals surface area contributed by atoms with Crippen LogP contribution in [0.1, 0.15) is 33.1 Å². The second-order valence-electron chi connectivity index (χ2n) is 5.19. The lowest BCUT2D eigenvalue weighted by molar-refractivity contribution is -0.121. The molecule has 0 spiro atoms. The second kappa shape index (κ2) is 6.06. The highest BCUT2D eigenvalue weighted by molar-refractivity contribution is 5.97. The smallest absolute Gasteiger partial charge is 0.241 e. The van der Waals surface area contributed by atoms with Gasteiger partial charge in [0.2, 0.25) is 5.91 Å². The summed E-state index contributed by atoms with van der Waals surface area (Å²) in [4.78, 5) is 14.6. The van der Waals surface area contributed by atoms with Gasteiger partial charge >= 0.3 is 0 Å². The molecule has 1 aromatic carbocycles. The Kier molecular flexibility index (Phi) is 4.43. The van der Waals surface area contributed by atoms with E-state index in [-0.39, 0.29) is 11.9 Å². The zero-order chi connectivity index (χ0) is 13.8. The number of anilines is 2. The van der Waals surface area contributed by atoms with E-state index in [9.17, 15) is 4.79 Å². The van der Waals surface area contributed by atoms with E-state index in [1.54, 1.807) is 6.07 Å². The molecule has 1 heterocycles. The standard InChI is InChI=1S/C15H23N3O/c1-3-12-7-6-10-18(12)11(2)15(19)17-14-9-5-4-8-13(14)16/h4-5,8-9,11-12H,3,6-7,10,16H2,1-2H3,(H,17,19). The molecule has 2 rings (SSSR count). The number of nitrogen functional groups attached to an aromatic ring is 1. The summed E-state index contributed by atoms with van der Waals surface area (Å²) in [5, 5.41) is 2.93. The van der Waals surface area contributed by atoms with Crippen molar-refractivity contribution >= 4 is 17.3 Å². The third-order valence-corrected chi connectivity index (χ3v) is 3.99. The molecular formula is C15H23N3O. The Labute approximate surface area is 115 Å². The van der Waals surface area contributed by atoms with E-state index in [1.165, 1.54) is 12.8 Å². The zero-order valence-electron chi connectivity index (χ0n) is 11.7. The first-order chi connectivity index (χ1) is 9.13. The maximum atomic E-state index is 12.3. The molecule has 1 saturated heterocycles. The summed E-state index contributed by atoms with van der Waals surface area (Å²) in [5.41, 5.74) is 7.16. The SMILES string of the molecule is CCC1CCCN1C(C)C(=O)Nc1ccccc1N. The minimum absolute atomic E-state index is 0.0262. The predicted octanol–water partition coefficient (Wildman–Crippen LogP) is 2.47. The van der Waals surface area contributed by atoms with Crippen LogP contribution in [0.3, 0.4) is 0 Å². The largest absolute Gasteiger partial charge is 0.397 e. The van der Waals surface area contributed by atoms with Gasteiger partial charge in [-0.1, -0.05) is 19.1 Å². The molecule has 0 bridgehead atoms. The maximum Gasteiger partial charge on any atom is 0.241 e. The van der Waals surface area contributed by atoms with Crippen LogP contribution in [-0.2, 0) is 4.79 Å². The minimum Gasteiger partial charge on any atom is -0.397 e. The van der Waals surface area contributed by atoms with E-state index < -0.39 is 0 Å². The number of para-hydroxylation sites is 2. The molecule has 4 nitrogen and oxygen atoms in total. The molecule has 1 fully saturated rings. The Hall–Kier alpha value is -1.55. The van der Waals surface area contributed by atoms with E-state index in [1.807, 2.05) is 25.1 Å². The fourth-order valence-corrected chi connectivity index (χ4v) is 2.81. The highest BCUT2D eigenvalue weighted by Crippen LogP contribution is 2.24. The van der Waals surface area contributed by atoms with E-state index in [2.05, 4.69) is 17.1 Å². The van der Waals surface area contributed by atoms with Gasteiger partial charge in [-0.2, -0.15) is 0 Å². The van der Waals surface area contributed by atoms with Gasteiger partial charge in [-0.25, -0.2) is 0 Å². The van der Waals surface area contributed by atoms with Gasteiger partial charge in [0, 0.05) is 6.04 Å². The second-order valence-corrected chi connectivity index (χ2v) is 5.19. The highest BCUT2D eigenvalue weighted by atomic mass is 16.2. The van der Waals surface area contributed by atoms with Gasteiger partial charge in [-0.15, -0.1) is 0 Å². The number of amides is 1. The van der Waals surface area contributed by atoms with Crippen LogP contribution < -0.4 is 11.1 Å². The number of nitrogens with two attached hydrogens (primary N) is 1. The molecule has 4 heteroatoms. The molecule has 0 aliphatic carbocycles. The van der Waals surface area contributed by atoms with Crippen molar-refractivity contribution in [3.63, 3.8) is 0 Å². The number of likely N-dealkylation sites (tertiary alicyclic amines) is 1. The topological polar surface area (TPSA) is 58.4 Å². The Morgan fingerprint density at radius 2 is 2.26 bits per heavy atom. The minimum atomic E-state index is -0.105. The van der Waals surface area contributed by atoms with Crippen molar-refractivity contribution in [1.29, 1.82) is 0 Å². The third-order valence-electron chi connectivity index (χ3n) is 3.99. The van der Waals surface area contributed by atoms with Crippen LogP contribution in [0.2, 0.25) is 0 Å². The lowest BCUT2D eigenvalue weighted by Gasteiger charge is -2.29. The van der Waals surface area contributed by atoms with Crippen molar-refractivity contribution < 1.29 is 4.79 Å². The highest BCUT2D eigenvalue weighted by Gasteiger charge is 2.30. The molecule has 2 atom stereocenters. The summed E-state index contributed by atoms with van der Waals surface area (Å²) in [6.45, 7) is 5.17. The molecule has 0 radical (unpaired) electrons. The van der Waals surface area contributed by atoms with Gasteiger partial charge in [0.1, 0.15) is 0 Å². The van der Waals surface area contributed by atoms with Crippen LogP contribution in [0.5, 0.6) is 0 Å². The van der Waals surface area contributed by atoms with Crippen molar-refractivity contribution in [3.8, 4) is 0 Å². The summed E-state index contributed by atoms with van der Waals surface area (Å²) in [6, 6.07) is 7.80. The molecule has 1 aliphatic rings. The Balaban J connectivity index is 2.02. The Bertz CT molecular complexity index is 447. The van der Waals surface area contributed by atoms with Crippen LogP contribution in [0.15, 0.2) is 24.3 Å². The number of benzene rings is 1. The third kappa shape index (κ3) is 3.07. The lowest BCUT2D eigenvalue weighted by Crippen LogP contribution is -2.44. The first kappa shape index (κ1) is 13.9. The van der Waals surface area contributed by atoms with E-state index >= 15 is 0 Å². The van der Waals surface area contributed by atoms with Gasteiger partial charge in [-0.05, 0) is 44.9 Å². The number of carbonyl (C=O) groups is 1. The van der Waals surface area contributed by atoms with Gasteiger partial charge in [-0.3, -0.25) is 9.69 Å². The van der Waals surface area contributed by atoms with Crippen molar-refractivity contribution in [2.24, 2.45) is 0 Å². The number of nitrogens with one attached hydrogen (secondary N) is 1. The lowest BCUT2D eigenvalue weighted by atomic mass is 10.1. The van der Waals surface area contributed by atoms with Gasteiger partial charge in [0.25, 0.3) is 0 Å². The summed E-state index contributed by atoms with van der Waals surface area (Å²) in [7, 11) is 0. The number of hydrogen-bond acceptors (Lipinski definition) is 3. The quantitative estimate of drug-likeness (QED) is 0.819. The molecule has 1 amide bonds. The van der Waals surface area contributed by atoms with Gasteiger partial charge in [0.15, 0.2) is 0 Å². The Morgan fingerprint density at radius 1 is 1.53 bits per heavy atom. The monoisotopic (exact) mass is 261 g/mol. The molecule has 19 heavy (non-hydrogen) atoms. The zero-order valence-corrected chi connectivity index (χ0v) is 11.7. The first-order valence-corrected chi connectivity index (χ1v) is 7.04. The van der Waals surface area contributed by atoms with Crippen LogP contribution in [0, 0.1) is 0 Å². The number of nitrogens with zero attached hydrogens (tertiary/aromatic N) is 1. The van der Waals surface area contributed by atoms with E-state index in [0.717, 1.165) is 13.0 Å². The average molecular weight is 261 g/mol. The molecule has 0 saturated carbocycles. The first-order valence-electron chi connectivity index (χ1n) is 7.04. The Morgan fingerprint density at radius 3 is 2.95 bits per heavy atom. The number of hydrogen-bond donors (Lipinski definition) is 2. The molecular weight excluding hydrogens is 238 g/mol. The predicted molar refractivity (Wildman–Crippen MR) is 79.0 cm³/mol. The van der Waals surface area contributed by atoms with E-state index in [4.69, 9.17) is 5.73 Å². The fraction of sp³-hybridized carbons (Fsp3) is 0.533. The molecule has 1 aliphatic heterocycles. The molecule has 2 unspecified atom stereocenters. The molecule has 1 aromatic rings. The van der Waals surface area contributed by atoms with Crippen LogP contribution in [0.4, 0.5) is 11.4 Å². The summed E-state index contributed by atoms with van der Waals surface area (Å²) in [5.74, 6) is 0.0262. The summed E-state index contributed by atoms with van der Waals surface area (Å²) < 4.78 is 0. The van der Waals surface area contributed by atoms with Crippen molar-refractivity contribution in [3.05, 3.63) is 24.3 Å². The van der Waals surface area contributed by atoms with Crippen LogP contribution >= 0.6 is 0 Å². The van der Waals surface area contributed by atoms with Crippen LogP contribution in [-0.4, -0.2) is 29.4 Å². The normalized spacial score (nSPS) is 21.3. The van der Waals surface area contributed by atoms with Crippen molar-refractivity contribution in [2.75, 3.05) is 17.6 Å². The van der Waals surface area contributed by atoms with Crippen molar-refractivity contribution in [1.82, 2.24) is 4.90 Å². The number of rotatable bonds is 4. The van der Waals surface area contributed by atoms with E-state index in [0.29, 0.717) is 17.4 Å². The van der Waals surface area contributed by atoms with Crippen molar-refractivity contribution in [2.45, 2.75) is 45.2 Å². The van der Waals surface area contributed by atoms with Gasteiger partial charge < -0.3 is 11.1 Å². The van der Waals surface area contributed by atoms with Gasteiger partial charge in [0.05, 0.1) is 17.4 Å². The average Bonchev–Trinajstić information content (AvgIpc) is 2.88. The molecule has 0 aromatic heterocycles. The fourth-order valence-electron chi connectivity index (χ4n) is 2.81. The molecule has 104 valence electrons. The summed E-state index contributed by atoms with van der Waals surface area (Å²) in [6.07, 6.45) is 3.48. The maximum absolute atomic E-state index is 12.3. The molecule has 3 N–H and O–H groups in total. The summed E-state index contributed by atoms with van der Waals surface area (Å²) >= 11 is 0.